The molecule has 0 aromatic carbocycles. The zero-order valence-electron chi connectivity index (χ0n) is 6.28. The molecule has 3 nitrogen and oxygen atoms in total. The van der Waals surface area contributed by atoms with Crippen LogP contribution < -0.4 is 0 Å². The number of imidazole rings is 1. The smallest absolute Gasteiger partial charge is 0.0945 e. The molecule has 0 spiro atoms. The largest absolute Gasteiger partial charge is 0.338 e. The topological polar surface area (TPSA) is 41.6 Å². The van der Waals surface area contributed by atoms with Crippen LogP contribution in [0, 0.1) is 11.3 Å². The summed E-state index contributed by atoms with van der Waals surface area (Å²) >= 11 is 0. The molecule has 1 aromatic rings. The second-order valence-electron chi connectivity index (χ2n) is 1.62. The lowest BCUT2D eigenvalue weighted by molar-refractivity contribution is 0.761. The summed E-state index contributed by atoms with van der Waals surface area (Å²) in [5.41, 5.74) is 0. The summed E-state index contributed by atoms with van der Waals surface area (Å²) in [4.78, 5) is 3.86. The second-order valence-corrected chi connectivity index (χ2v) is 1.62. The molecule has 0 aliphatic carbocycles. The first kappa shape index (κ1) is 8.70. The first-order chi connectivity index (χ1) is 4.85. The van der Waals surface area contributed by atoms with E-state index in [9.17, 15) is 0 Å². The highest BCUT2D eigenvalue weighted by Crippen LogP contribution is 1.81. The Morgan fingerprint density at radius 3 is 2.50 bits per heavy atom. The Kier molecular flexibility index (Phi) is 5.07. The molecular formula is C7H11N3. The highest BCUT2D eigenvalue weighted by atomic mass is 15.0. The third-order valence-electron chi connectivity index (χ3n) is 0.924. The van der Waals surface area contributed by atoms with E-state index in [2.05, 4.69) is 11.9 Å². The number of aryl methyl sites for hydroxylation is 1. The van der Waals surface area contributed by atoms with Gasteiger partial charge in [-0.2, -0.15) is 5.26 Å². The van der Waals surface area contributed by atoms with Crippen molar-refractivity contribution in [2.45, 2.75) is 20.4 Å². The van der Waals surface area contributed by atoms with E-state index in [4.69, 9.17) is 5.26 Å². The predicted octanol–water partition coefficient (Wildman–Crippen LogP) is 1.43. The van der Waals surface area contributed by atoms with E-state index in [-0.39, 0.29) is 0 Å². The van der Waals surface area contributed by atoms with Crippen LogP contribution in [-0.2, 0) is 6.54 Å². The maximum Gasteiger partial charge on any atom is 0.0945 e. The maximum atomic E-state index is 7.32. The molecule has 0 radical (unpaired) electrons. The van der Waals surface area contributed by atoms with Crippen LogP contribution in [0.2, 0.25) is 0 Å². The highest BCUT2D eigenvalue weighted by Gasteiger charge is 1.77. The van der Waals surface area contributed by atoms with Gasteiger partial charge in [-0.15, -0.1) is 0 Å². The van der Waals surface area contributed by atoms with Crippen LogP contribution >= 0.6 is 0 Å². The molecule has 10 heavy (non-hydrogen) atoms. The number of aromatic nitrogens is 2. The van der Waals surface area contributed by atoms with Gasteiger partial charge in [0, 0.05) is 25.9 Å². The fraction of sp³-hybridized carbons (Fsp3) is 0.429. The standard InChI is InChI=1S/C5H8N2.C2H3N/c1-2-7-4-3-6-5-7;1-2-3/h3-5H,2H2,1H3;1H3. The van der Waals surface area contributed by atoms with E-state index in [0.717, 1.165) is 6.54 Å². The van der Waals surface area contributed by atoms with Crippen LogP contribution in [0.1, 0.15) is 13.8 Å². The summed E-state index contributed by atoms with van der Waals surface area (Å²) in [5.74, 6) is 0. The first-order valence-electron chi connectivity index (χ1n) is 3.11. The van der Waals surface area contributed by atoms with Gasteiger partial charge in [0.1, 0.15) is 0 Å². The van der Waals surface area contributed by atoms with Crippen LogP contribution in [0.3, 0.4) is 0 Å². The molecule has 0 atom stereocenters. The summed E-state index contributed by atoms with van der Waals surface area (Å²) < 4.78 is 2.01. The molecule has 1 rings (SSSR count). The van der Waals surface area contributed by atoms with E-state index in [1.54, 1.807) is 18.6 Å². The van der Waals surface area contributed by atoms with Gasteiger partial charge < -0.3 is 4.57 Å². The zero-order valence-corrected chi connectivity index (χ0v) is 6.28. The van der Waals surface area contributed by atoms with Crippen molar-refractivity contribution >= 4 is 0 Å². The van der Waals surface area contributed by atoms with Crippen molar-refractivity contribution in [2.75, 3.05) is 0 Å². The van der Waals surface area contributed by atoms with Crippen LogP contribution in [0.4, 0.5) is 0 Å². The van der Waals surface area contributed by atoms with Crippen molar-refractivity contribution in [1.82, 2.24) is 9.55 Å². The summed E-state index contributed by atoms with van der Waals surface area (Å²) in [6, 6.07) is 1.75. The molecule has 0 N–H and O–H groups in total. The molecule has 0 unspecified atom stereocenters. The van der Waals surface area contributed by atoms with E-state index >= 15 is 0 Å². The molecule has 0 aliphatic heterocycles. The van der Waals surface area contributed by atoms with Crippen LogP contribution in [-0.4, -0.2) is 9.55 Å². The molecule has 0 saturated heterocycles. The summed E-state index contributed by atoms with van der Waals surface area (Å²) in [6.07, 6.45) is 5.53. The third kappa shape index (κ3) is 3.67. The molecule has 1 aromatic heterocycles. The second kappa shape index (κ2) is 5.83. The van der Waals surface area contributed by atoms with Gasteiger partial charge in [0.05, 0.1) is 12.4 Å². The molecule has 0 bridgehead atoms. The number of nitriles is 1. The highest BCUT2D eigenvalue weighted by molar-refractivity contribution is 4.72. The fourth-order valence-electron chi connectivity index (χ4n) is 0.474. The number of rotatable bonds is 1. The van der Waals surface area contributed by atoms with Gasteiger partial charge in [0.15, 0.2) is 0 Å². The van der Waals surface area contributed by atoms with E-state index < -0.39 is 0 Å². The SMILES string of the molecule is CC#N.CCn1ccnc1. The Balaban J connectivity index is 0.000000236. The lowest BCUT2D eigenvalue weighted by Gasteiger charge is -1.87. The van der Waals surface area contributed by atoms with Gasteiger partial charge in [-0.3, -0.25) is 0 Å². The third-order valence-corrected chi connectivity index (χ3v) is 0.924. The predicted molar refractivity (Wildman–Crippen MR) is 39.2 cm³/mol. The molecule has 54 valence electrons. The molecule has 0 amide bonds. The minimum atomic E-state index is 1.01. The number of nitrogens with zero attached hydrogens (tertiary/aromatic N) is 3. The van der Waals surface area contributed by atoms with Crippen molar-refractivity contribution in [1.29, 1.82) is 5.26 Å². The van der Waals surface area contributed by atoms with Gasteiger partial charge in [0.2, 0.25) is 0 Å². The summed E-state index contributed by atoms with van der Waals surface area (Å²) in [5, 5.41) is 7.32. The normalized spacial score (nSPS) is 7.30. The lowest BCUT2D eigenvalue weighted by Crippen LogP contribution is -1.85. The van der Waals surface area contributed by atoms with Gasteiger partial charge in [-0.1, -0.05) is 0 Å². The molecule has 3 heteroatoms. The van der Waals surface area contributed by atoms with Gasteiger partial charge >= 0.3 is 0 Å². The number of hydrogen-bond acceptors (Lipinski definition) is 2. The maximum absolute atomic E-state index is 7.32. The van der Waals surface area contributed by atoms with E-state index in [1.165, 1.54) is 6.92 Å². The van der Waals surface area contributed by atoms with Crippen LogP contribution in [0.25, 0.3) is 0 Å². The minimum Gasteiger partial charge on any atom is -0.338 e. The van der Waals surface area contributed by atoms with Crippen molar-refractivity contribution in [2.24, 2.45) is 0 Å². The average Bonchev–Trinajstić information content (AvgIpc) is 2.39. The summed E-state index contributed by atoms with van der Waals surface area (Å²) in [7, 11) is 0. The molecule has 0 saturated carbocycles. The van der Waals surface area contributed by atoms with E-state index in [0.29, 0.717) is 0 Å². The molecular weight excluding hydrogens is 126 g/mol. The zero-order chi connectivity index (χ0) is 7.82. The lowest BCUT2D eigenvalue weighted by atomic mass is 10.7. The molecule has 1 heterocycles. The first-order valence-corrected chi connectivity index (χ1v) is 3.11. The summed E-state index contributed by atoms with van der Waals surface area (Å²) in [6.45, 7) is 4.53. The van der Waals surface area contributed by atoms with Gasteiger partial charge in [0.25, 0.3) is 0 Å². The minimum absolute atomic E-state index is 1.01. The fourth-order valence-corrected chi connectivity index (χ4v) is 0.474. The van der Waals surface area contributed by atoms with Gasteiger partial charge in [-0.05, 0) is 6.92 Å². The average molecular weight is 137 g/mol. The molecule has 0 aliphatic rings. The Morgan fingerprint density at radius 2 is 2.30 bits per heavy atom. The Morgan fingerprint density at radius 1 is 1.70 bits per heavy atom. The quantitative estimate of drug-likeness (QED) is 0.587. The monoisotopic (exact) mass is 137 g/mol. The Labute approximate surface area is 60.9 Å². The Hall–Kier alpha value is -1.30. The van der Waals surface area contributed by atoms with Crippen molar-refractivity contribution in [3.05, 3.63) is 18.7 Å². The van der Waals surface area contributed by atoms with Crippen molar-refractivity contribution in [3.8, 4) is 6.07 Å². The van der Waals surface area contributed by atoms with Gasteiger partial charge in [-0.25, -0.2) is 4.98 Å². The van der Waals surface area contributed by atoms with Crippen LogP contribution in [0.15, 0.2) is 18.7 Å². The molecule has 0 fully saturated rings. The Bertz CT molecular complexity index is 183. The van der Waals surface area contributed by atoms with Crippen LogP contribution in [0.5, 0.6) is 0 Å². The van der Waals surface area contributed by atoms with E-state index in [1.807, 2.05) is 10.8 Å². The van der Waals surface area contributed by atoms with Crippen molar-refractivity contribution in [3.63, 3.8) is 0 Å². The number of hydrogen-bond donors (Lipinski definition) is 0. The van der Waals surface area contributed by atoms with Crippen molar-refractivity contribution < 1.29 is 0 Å².